The standard InChI is InChI=1S/C6H4BrClFN/c7-10-6-4(8)2-1-3-5(6)9/h1-3,10H. The molecule has 54 valence electrons. The van der Waals surface area contributed by atoms with E-state index in [0.29, 0.717) is 5.02 Å². The van der Waals surface area contributed by atoms with E-state index in [1.165, 1.54) is 6.07 Å². The minimum absolute atomic E-state index is 0.268. The lowest BCUT2D eigenvalue weighted by atomic mass is 10.3. The average Bonchev–Trinajstić information content (AvgIpc) is 1.88. The van der Waals surface area contributed by atoms with Gasteiger partial charge in [0, 0.05) is 16.1 Å². The third-order valence-corrected chi connectivity index (χ3v) is 1.77. The van der Waals surface area contributed by atoms with Crippen molar-refractivity contribution in [2.75, 3.05) is 4.34 Å². The Hall–Kier alpha value is -0.280. The zero-order chi connectivity index (χ0) is 7.56. The van der Waals surface area contributed by atoms with Gasteiger partial charge in [0.25, 0.3) is 0 Å². The third-order valence-electron chi connectivity index (χ3n) is 1.06. The van der Waals surface area contributed by atoms with E-state index in [1.807, 2.05) is 0 Å². The van der Waals surface area contributed by atoms with Crippen molar-refractivity contribution in [3.05, 3.63) is 29.0 Å². The highest BCUT2D eigenvalue weighted by Gasteiger charge is 2.02. The fraction of sp³-hybridized carbons (Fsp3) is 0. The van der Waals surface area contributed by atoms with Gasteiger partial charge in [0.05, 0.1) is 10.7 Å². The Morgan fingerprint density at radius 2 is 2.20 bits per heavy atom. The lowest BCUT2D eigenvalue weighted by Crippen LogP contribution is -1.85. The maximum absolute atomic E-state index is 12.7. The summed E-state index contributed by atoms with van der Waals surface area (Å²) in [6, 6.07) is 4.48. The molecule has 0 bridgehead atoms. The first-order valence-corrected chi connectivity index (χ1v) is 3.73. The van der Waals surface area contributed by atoms with Gasteiger partial charge in [0.15, 0.2) is 0 Å². The number of hydrogen-bond donors (Lipinski definition) is 1. The summed E-state index contributed by atoms with van der Waals surface area (Å²) in [6.07, 6.45) is 0. The van der Waals surface area contributed by atoms with Crippen LogP contribution in [0.3, 0.4) is 0 Å². The molecule has 0 spiro atoms. The van der Waals surface area contributed by atoms with Gasteiger partial charge in [0.1, 0.15) is 5.82 Å². The van der Waals surface area contributed by atoms with Gasteiger partial charge in [-0.15, -0.1) is 0 Å². The van der Waals surface area contributed by atoms with Gasteiger partial charge in [-0.3, -0.25) is 0 Å². The molecular weight excluding hydrogens is 220 g/mol. The number of nitrogens with one attached hydrogen (secondary N) is 1. The van der Waals surface area contributed by atoms with Crippen molar-refractivity contribution in [1.82, 2.24) is 0 Å². The molecule has 0 aromatic heterocycles. The summed E-state index contributed by atoms with van der Waals surface area (Å²) in [4.78, 5) is 0. The van der Waals surface area contributed by atoms with Crippen molar-refractivity contribution in [1.29, 1.82) is 0 Å². The summed E-state index contributed by atoms with van der Waals surface area (Å²) in [7, 11) is 0. The van der Waals surface area contributed by atoms with Crippen LogP contribution in [0.2, 0.25) is 5.02 Å². The topological polar surface area (TPSA) is 12.0 Å². The summed E-state index contributed by atoms with van der Waals surface area (Å²) < 4.78 is 15.1. The minimum atomic E-state index is -0.371. The van der Waals surface area contributed by atoms with E-state index < -0.39 is 0 Å². The Morgan fingerprint density at radius 1 is 1.50 bits per heavy atom. The van der Waals surface area contributed by atoms with Crippen LogP contribution in [0.15, 0.2) is 18.2 Å². The molecule has 0 unspecified atom stereocenters. The highest BCUT2D eigenvalue weighted by molar-refractivity contribution is 9.10. The van der Waals surface area contributed by atoms with E-state index >= 15 is 0 Å². The van der Waals surface area contributed by atoms with Gasteiger partial charge < -0.3 is 4.34 Å². The van der Waals surface area contributed by atoms with E-state index in [0.717, 1.165) is 0 Å². The minimum Gasteiger partial charge on any atom is -0.319 e. The van der Waals surface area contributed by atoms with Crippen LogP contribution >= 0.6 is 27.7 Å². The highest BCUT2D eigenvalue weighted by atomic mass is 79.9. The van der Waals surface area contributed by atoms with Gasteiger partial charge in [-0.05, 0) is 12.1 Å². The van der Waals surface area contributed by atoms with Crippen molar-refractivity contribution in [2.45, 2.75) is 0 Å². The molecule has 0 saturated carbocycles. The maximum Gasteiger partial charge on any atom is 0.148 e. The van der Waals surface area contributed by atoms with E-state index in [-0.39, 0.29) is 11.5 Å². The van der Waals surface area contributed by atoms with Gasteiger partial charge in [-0.2, -0.15) is 0 Å². The van der Waals surface area contributed by atoms with Crippen molar-refractivity contribution >= 4 is 33.4 Å². The van der Waals surface area contributed by atoms with Crippen LogP contribution < -0.4 is 4.34 Å². The largest absolute Gasteiger partial charge is 0.319 e. The van der Waals surface area contributed by atoms with E-state index in [9.17, 15) is 4.39 Å². The molecule has 1 aromatic carbocycles. The van der Waals surface area contributed by atoms with Crippen molar-refractivity contribution in [3.8, 4) is 0 Å². The monoisotopic (exact) mass is 223 g/mol. The van der Waals surface area contributed by atoms with Crippen LogP contribution in [0.4, 0.5) is 10.1 Å². The number of rotatable bonds is 1. The molecule has 10 heavy (non-hydrogen) atoms. The molecule has 0 saturated heterocycles. The van der Waals surface area contributed by atoms with Crippen LogP contribution in [0.25, 0.3) is 0 Å². The molecule has 1 nitrogen and oxygen atoms in total. The molecule has 4 heteroatoms. The molecule has 0 heterocycles. The molecule has 0 radical (unpaired) electrons. The molecule has 1 rings (SSSR count). The summed E-state index contributed by atoms with van der Waals surface area (Å²) in [5.41, 5.74) is 0.268. The summed E-state index contributed by atoms with van der Waals surface area (Å²) in [6.45, 7) is 0. The average molecular weight is 224 g/mol. The first-order valence-electron chi connectivity index (χ1n) is 2.56. The Balaban J connectivity index is 3.17. The van der Waals surface area contributed by atoms with Crippen LogP contribution in [-0.4, -0.2) is 0 Å². The number of para-hydroxylation sites is 1. The Labute approximate surface area is 71.5 Å². The second-order valence-corrected chi connectivity index (χ2v) is 2.49. The maximum atomic E-state index is 12.7. The van der Waals surface area contributed by atoms with Gasteiger partial charge in [-0.1, -0.05) is 17.7 Å². The first-order chi connectivity index (χ1) is 4.75. The first kappa shape index (κ1) is 7.82. The van der Waals surface area contributed by atoms with Gasteiger partial charge >= 0.3 is 0 Å². The highest BCUT2D eigenvalue weighted by Crippen LogP contribution is 2.25. The lowest BCUT2D eigenvalue weighted by molar-refractivity contribution is 0.633. The molecule has 0 amide bonds. The van der Waals surface area contributed by atoms with Crippen LogP contribution in [0, 0.1) is 5.82 Å². The van der Waals surface area contributed by atoms with E-state index in [1.54, 1.807) is 12.1 Å². The Bertz CT molecular complexity index is 221. The Morgan fingerprint density at radius 3 is 2.60 bits per heavy atom. The molecule has 0 fully saturated rings. The lowest BCUT2D eigenvalue weighted by Gasteiger charge is -2.00. The number of hydrogen-bond acceptors (Lipinski definition) is 1. The summed E-state index contributed by atoms with van der Waals surface area (Å²) >= 11 is 8.48. The normalized spacial score (nSPS) is 9.50. The fourth-order valence-corrected chi connectivity index (χ4v) is 1.32. The zero-order valence-electron chi connectivity index (χ0n) is 4.87. The third kappa shape index (κ3) is 1.41. The zero-order valence-corrected chi connectivity index (χ0v) is 7.21. The number of anilines is 1. The number of halogens is 3. The Kier molecular flexibility index (Phi) is 2.51. The fourth-order valence-electron chi connectivity index (χ4n) is 0.588. The predicted octanol–water partition coefficient (Wildman–Crippen LogP) is 3.20. The van der Waals surface area contributed by atoms with Gasteiger partial charge in [-0.25, -0.2) is 4.39 Å². The summed E-state index contributed by atoms with van der Waals surface area (Å²) in [5, 5.41) is 0.358. The predicted molar refractivity (Wildman–Crippen MR) is 44.0 cm³/mol. The second kappa shape index (κ2) is 3.21. The SMILES string of the molecule is Fc1cccc(Cl)c1NBr. The summed E-state index contributed by atoms with van der Waals surface area (Å²) in [5.74, 6) is -0.371. The second-order valence-electron chi connectivity index (χ2n) is 1.69. The molecular formula is C6H4BrClFN. The smallest absolute Gasteiger partial charge is 0.148 e. The molecule has 0 aliphatic heterocycles. The van der Waals surface area contributed by atoms with Crippen LogP contribution in [0.1, 0.15) is 0 Å². The molecule has 1 aromatic rings. The molecule has 1 N–H and O–H groups in total. The van der Waals surface area contributed by atoms with Crippen molar-refractivity contribution in [3.63, 3.8) is 0 Å². The van der Waals surface area contributed by atoms with Gasteiger partial charge in [0.2, 0.25) is 0 Å². The van der Waals surface area contributed by atoms with Crippen molar-refractivity contribution in [2.24, 2.45) is 0 Å². The molecule has 0 atom stereocenters. The molecule has 0 aliphatic rings. The molecule has 0 aliphatic carbocycles. The van der Waals surface area contributed by atoms with E-state index in [4.69, 9.17) is 11.6 Å². The van der Waals surface area contributed by atoms with Crippen LogP contribution in [-0.2, 0) is 0 Å². The van der Waals surface area contributed by atoms with Crippen LogP contribution in [0.5, 0.6) is 0 Å². The van der Waals surface area contributed by atoms with Crippen molar-refractivity contribution < 1.29 is 4.39 Å². The van der Waals surface area contributed by atoms with E-state index in [2.05, 4.69) is 20.5 Å². The quantitative estimate of drug-likeness (QED) is 0.722. The number of benzene rings is 1.